The van der Waals surface area contributed by atoms with Gasteiger partial charge in [0.1, 0.15) is 5.60 Å². The van der Waals surface area contributed by atoms with E-state index in [2.05, 4.69) is 4.98 Å². The number of nitro groups is 1. The number of nitrogens with zero attached hydrogens (tertiary/aromatic N) is 2. The van der Waals surface area contributed by atoms with E-state index in [4.69, 9.17) is 4.74 Å². The second-order valence-electron chi connectivity index (χ2n) is 7.79. The maximum Gasteiger partial charge on any atom is 0.410 e. The summed E-state index contributed by atoms with van der Waals surface area (Å²) in [6, 6.07) is 7.51. The largest absolute Gasteiger partial charge is 0.444 e. The smallest absolute Gasteiger partial charge is 0.410 e. The second-order valence-corrected chi connectivity index (χ2v) is 7.79. The number of hydrogen-bond donors (Lipinski definition) is 1. The fourth-order valence-electron chi connectivity index (χ4n) is 3.75. The van der Waals surface area contributed by atoms with Gasteiger partial charge in [0.2, 0.25) is 6.54 Å². The summed E-state index contributed by atoms with van der Waals surface area (Å²) in [5.74, 6) is -0.379. The van der Waals surface area contributed by atoms with Crippen LogP contribution >= 0.6 is 0 Å². The first-order valence-corrected chi connectivity index (χ1v) is 8.93. The minimum atomic E-state index is -0.594. The summed E-state index contributed by atoms with van der Waals surface area (Å²) in [5.41, 5.74) is 1.24. The van der Waals surface area contributed by atoms with Gasteiger partial charge in [0.15, 0.2) is 0 Å². The lowest BCUT2D eigenvalue weighted by Crippen LogP contribution is -2.43. The van der Waals surface area contributed by atoms with E-state index < -0.39 is 11.7 Å². The van der Waals surface area contributed by atoms with Crippen molar-refractivity contribution in [3.05, 3.63) is 46.1 Å². The number of nitrogens with one attached hydrogen (secondary N) is 1. The topological polar surface area (TPSA) is 88.5 Å². The number of fused-ring (bicyclic) bond motifs is 1. The third kappa shape index (κ3) is 3.81. The summed E-state index contributed by atoms with van der Waals surface area (Å²) >= 11 is 0. The Labute approximate surface area is 152 Å². The Hall–Kier alpha value is -2.57. The molecule has 0 radical (unpaired) electrons. The van der Waals surface area contributed by atoms with Gasteiger partial charge in [0.05, 0.1) is 5.92 Å². The molecule has 3 rings (SSSR count). The van der Waals surface area contributed by atoms with E-state index in [1.165, 1.54) is 0 Å². The van der Waals surface area contributed by atoms with Crippen LogP contribution in [-0.2, 0) is 4.74 Å². The number of aromatic nitrogens is 1. The lowest BCUT2D eigenvalue weighted by Gasteiger charge is -2.31. The van der Waals surface area contributed by atoms with Crippen molar-refractivity contribution in [3.8, 4) is 0 Å². The molecule has 7 heteroatoms. The molecule has 1 saturated heterocycles. The van der Waals surface area contributed by atoms with Gasteiger partial charge in [0, 0.05) is 34.6 Å². The Morgan fingerprint density at radius 2 is 2.15 bits per heavy atom. The first-order chi connectivity index (χ1) is 12.3. The zero-order valence-corrected chi connectivity index (χ0v) is 15.4. The molecule has 1 unspecified atom stereocenters. The van der Waals surface area contributed by atoms with Crippen molar-refractivity contribution < 1.29 is 14.5 Å². The Kier molecular flexibility index (Phi) is 4.89. The molecule has 1 N–H and O–H groups in total. The average Bonchev–Trinajstić information content (AvgIpc) is 3.18. The van der Waals surface area contributed by atoms with Crippen LogP contribution in [0.2, 0.25) is 0 Å². The molecule has 2 heterocycles. The summed E-state index contributed by atoms with van der Waals surface area (Å²) in [6.45, 7) is 5.82. The van der Waals surface area contributed by atoms with E-state index in [-0.39, 0.29) is 23.4 Å². The lowest BCUT2D eigenvalue weighted by molar-refractivity contribution is -0.484. The molecule has 2 atom stereocenters. The van der Waals surface area contributed by atoms with Gasteiger partial charge < -0.3 is 14.6 Å². The molecular formula is C19H25N3O4. The fraction of sp³-hybridized carbons (Fsp3) is 0.526. The summed E-state index contributed by atoms with van der Waals surface area (Å²) in [5, 5.41) is 12.3. The van der Waals surface area contributed by atoms with Crippen LogP contribution in [0, 0.1) is 10.1 Å². The van der Waals surface area contributed by atoms with Crippen molar-refractivity contribution >= 4 is 17.0 Å². The monoisotopic (exact) mass is 359 g/mol. The van der Waals surface area contributed by atoms with Crippen LogP contribution < -0.4 is 0 Å². The Balaban J connectivity index is 1.94. The summed E-state index contributed by atoms with van der Waals surface area (Å²) in [4.78, 5) is 28.5. The molecular weight excluding hydrogens is 334 g/mol. The highest BCUT2D eigenvalue weighted by atomic mass is 16.6. The molecule has 0 aliphatic carbocycles. The summed E-state index contributed by atoms with van der Waals surface area (Å²) < 4.78 is 5.52. The molecule has 2 aromatic rings. The Morgan fingerprint density at radius 3 is 2.85 bits per heavy atom. The number of para-hydroxylation sites is 1. The normalized spacial score (nSPS) is 18.9. The van der Waals surface area contributed by atoms with Gasteiger partial charge in [-0.2, -0.15) is 0 Å². The molecule has 0 saturated carbocycles. The van der Waals surface area contributed by atoms with E-state index in [0.29, 0.717) is 6.54 Å². The highest BCUT2D eigenvalue weighted by Crippen LogP contribution is 2.36. The van der Waals surface area contributed by atoms with Crippen LogP contribution in [0.1, 0.15) is 45.1 Å². The number of H-pyrrole nitrogens is 1. The second kappa shape index (κ2) is 6.97. The number of hydrogen-bond acceptors (Lipinski definition) is 4. The lowest BCUT2D eigenvalue weighted by atomic mass is 9.89. The van der Waals surface area contributed by atoms with Crippen molar-refractivity contribution in [3.63, 3.8) is 0 Å². The number of rotatable bonds is 4. The predicted octanol–water partition coefficient (Wildman–Crippen LogP) is 3.93. The molecule has 1 aromatic carbocycles. The van der Waals surface area contributed by atoms with Crippen molar-refractivity contribution in [2.75, 3.05) is 13.1 Å². The third-order valence-corrected chi connectivity index (χ3v) is 4.76. The zero-order chi connectivity index (χ0) is 18.9. The number of ether oxygens (including phenoxy) is 1. The molecule has 140 valence electrons. The van der Waals surface area contributed by atoms with Crippen LogP contribution in [0.4, 0.5) is 4.79 Å². The highest BCUT2D eigenvalue weighted by molar-refractivity contribution is 5.84. The summed E-state index contributed by atoms with van der Waals surface area (Å²) in [6.07, 6.45) is 3.00. The van der Waals surface area contributed by atoms with Crippen molar-refractivity contribution in [2.45, 2.75) is 51.2 Å². The molecule has 1 aliphatic rings. The van der Waals surface area contributed by atoms with Gasteiger partial charge in [-0.3, -0.25) is 10.1 Å². The molecule has 1 amide bonds. The number of amides is 1. The van der Waals surface area contributed by atoms with Crippen molar-refractivity contribution in [2.24, 2.45) is 0 Å². The minimum absolute atomic E-state index is 0.216. The SMILES string of the molecule is CC(C)(C)OC(=O)N1CCC[C@H]1C(C[N+](=O)[O-])c1c[nH]c2ccccc12. The maximum atomic E-state index is 12.6. The number of aromatic amines is 1. The van der Waals surface area contributed by atoms with Crippen molar-refractivity contribution in [1.82, 2.24) is 9.88 Å². The number of carbonyl (C=O) groups is 1. The van der Waals surface area contributed by atoms with Gasteiger partial charge in [-0.25, -0.2) is 4.79 Å². The van der Waals surface area contributed by atoms with E-state index in [0.717, 1.165) is 29.3 Å². The zero-order valence-electron chi connectivity index (χ0n) is 15.4. The summed E-state index contributed by atoms with van der Waals surface area (Å²) in [7, 11) is 0. The van der Waals surface area contributed by atoms with E-state index in [1.54, 1.807) is 4.90 Å². The number of benzene rings is 1. The van der Waals surface area contributed by atoms with Gasteiger partial charge in [-0.1, -0.05) is 18.2 Å². The standard InChI is InChI=1S/C19H25N3O4/c1-19(2,3)26-18(23)21-10-6-9-17(21)15(12-22(24)25)14-11-20-16-8-5-4-7-13(14)16/h4-5,7-8,11,15,17,20H,6,9-10,12H2,1-3H3/t15?,17-/m0/s1. The van der Waals surface area contributed by atoms with Crippen LogP contribution in [0.3, 0.4) is 0 Å². The highest BCUT2D eigenvalue weighted by Gasteiger charge is 2.40. The Morgan fingerprint density at radius 1 is 1.42 bits per heavy atom. The number of likely N-dealkylation sites (tertiary alicyclic amines) is 1. The van der Waals surface area contributed by atoms with E-state index in [9.17, 15) is 14.9 Å². The molecule has 1 fully saturated rings. The fourth-order valence-corrected chi connectivity index (χ4v) is 3.75. The van der Waals surface area contributed by atoms with Gasteiger partial charge in [-0.05, 0) is 45.2 Å². The van der Waals surface area contributed by atoms with Gasteiger partial charge in [0.25, 0.3) is 0 Å². The predicted molar refractivity (Wildman–Crippen MR) is 98.9 cm³/mol. The first kappa shape index (κ1) is 18.2. The average molecular weight is 359 g/mol. The maximum absolute atomic E-state index is 12.6. The molecule has 0 spiro atoms. The van der Waals surface area contributed by atoms with E-state index >= 15 is 0 Å². The van der Waals surface area contributed by atoms with Gasteiger partial charge >= 0.3 is 6.09 Å². The molecule has 7 nitrogen and oxygen atoms in total. The van der Waals surface area contributed by atoms with Crippen LogP contribution in [-0.4, -0.2) is 45.6 Å². The van der Waals surface area contributed by atoms with Crippen LogP contribution in [0.25, 0.3) is 10.9 Å². The van der Waals surface area contributed by atoms with E-state index in [1.807, 2.05) is 51.2 Å². The quantitative estimate of drug-likeness (QED) is 0.662. The van der Waals surface area contributed by atoms with Crippen LogP contribution in [0.5, 0.6) is 0 Å². The molecule has 1 aliphatic heterocycles. The molecule has 0 bridgehead atoms. The molecule has 26 heavy (non-hydrogen) atoms. The van der Waals surface area contributed by atoms with Gasteiger partial charge in [-0.15, -0.1) is 0 Å². The van der Waals surface area contributed by atoms with Crippen LogP contribution in [0.15, 0.2) is 30.5 Å². The third-order valence-electron chi connectivity index (χ3n) is 4.76. The number of carbonyl (C=O) groups excluding carboxylic acids is 1. The first-order valence-electron chi connectivity index (χ1n) is 8.93. The minimum Gasteiger partial charge on any atom is -0.444 e. The van der Waals surface area contributed by atoms with Crippen molar-refractivity contribution in [1.29, 1.82) is 0 Å². The molecule has 1 aromatic heterocycles. The Bertz CT molecular complexity index is 808.